The molecule has 0 aliphatic rings. The number of hydrogen-bond acceptors (Lipinski definition) is 1. The van der Waals surface area contributed by atoms with Crippen molar-refractivity contribution in [2.45, 2.75) is 39.5 Å². The third-order valence-electron chi connectivity index (χ3n) is 6.14. The molecule has 37 heavy (non-hydrogen) atoms. The summed E-state index contributed by atoms with van der Waals surface area (Å²) in [6, 6.07) is 39.3. The second-order valence-electron chi connectivity index (χ2n) is 9.32. The van der Waals surface area contributed by atoms with Crippen LogP contribution in [0, 0.1) is 0 Å². The van der Waals surface area contributed by atoms with E-state index in [1.165, 1.54) is 27.3 Å². The van der Waals surface area contributed by atoms with Gasteiger partial charge in [-0.1, -0.05) is 137 Å². The SMILES string of the molecule is CC(C)c1cccc(C(C)C)c1N=C(CP(c1ccccc1)c1ccccc1)c1ccccc1.[Br][Pd][Br]. The van der Waals surface area contributed by atoms with E-state index in [2.05, 4.69) is 164 Å². The minimum atomic E-state index is -0.591. The summed E-state index contributed by atoms with van der Waals surface area (Å²) in [5.41, 5.74) is 6.17. The zero-order valence-corrected chi connectivity index (χ0v) is 27.3. The first kappa shape index (κ1) is 30.1. The molecule has 0 saturated carbocycles. The molecule has 0 heterocycles. The molecule has 196 valence electrons. The molecule has 0 amide bonds. The summed E-state index contributed by atoms with van der Waals surface area (Å²) < 4.78 is 0. The first-order valence-electron chi connectivity index (χ1n) is 12.4. The van der Waals surface area contributed by atoms with Crippen molar-refractivity contribution in [1.82, 2.24) is 0 Å². The summed E-state index contributed by atoms with van der Waals surface area (Å²) in [6.07, 6.45) is 0.900. The number of nitrogens with zero attached hydrogens (tertiary/aromatic N) is 1. The molecule has 0 aliphatic heterocycles. The fourth-order valence-electron chi connectivity index (χ4n) is 4.29. The van der Waals surface area contributed by atoms with E-state index in [1.807, 2.05) is 0 Å². The van der Waals surface area contributed by atoms with E-state index in [4.69, 9.17) is 4.99 Å². The summed E-state index contributed by atoms with van der Waals surface area (Å²) in [4.78, 5) is 5.49. The monoisotopic (exact) mass is 727 g/mol. The number of rotatable bonds is 8. The van der Waals surface area contributed by atoms with E-state index in [-0.39, 0.29) is 0 Å². The van der Waals surface area contributed by atoms with Crippen LogP contribution in [0.5, 0.6) is 0 Å². The van der Waals surface area contributed by atoms with Crippen molar-refractivity contribution < 1.29 is 13.9 Å². The fourth-order valence-corrected chi connectivity index (χ4v) is 6.57. The maximum atomic E-state index is 5.49. The molecule has 0 fully saturated rings. The Kier molecular flexibility index (Phi) is 12.9. The zero-order valence-electron chi connectivity index (χ0n) is 21.7. The topological polar surface area (TPSA) is 12.4 Å². The molecule has 4 aromatic carbocycles. The van der Waals surface area contributed by atoms with Gasteiger partial charge >= 0.3 is 40.8 Å². The molecular formula is C32H34Br2NPPd. The van der Waals surface area contributed by atoms with Crippen LogP contribution in [0.25, 0.3) is 0 Å². The van der Waals surface area contributed by atoms with Gasteiger partial charge in [0.05, 0.1) is 11.4 Å². The molecule has 0 unspecified atom stereocenters. The minimum absolute atomic E-state index is 0.416. The van der Waals surface area contributed by atoms with Gasteiger partial charge in [0, 0.05) is 6.16 Å². The predicted octanol–water partition coefficient (Wildman–Crippen LogP) is 9.88. The first-order valence-corrected chi connectivity index (χ1v) is 21.1. The summed E-state index contributed by atoms with van der Waals surface area (Å²) in [7, 11) is -0.591. The van der Waals surface area contributed by atoms with Crippen LogP contribution >= 0.6 is 34.8 Å². The van der Waals surface area contributed by atoms with Gasteiger partial charge in [-0.15, -0.1) is 0 Å². The first-order chi connectivity index (χ1) is 18.0. The molecule has 4 aromatic rings. The Bertz CT molecular complexity index is 1180. The fraction of sp³-hybridized carbons (Fsp3) is 0.219. The average molecular weight is 730 g/mol. The second kappa shape index (κ2) is 15.9. The molecule has 0 saturated heterocycles. The number of benzene rings is 4. The molecule has 0 aliphatic carbocycles. The Morgan fingerprint density at radius 2 is 1.05 bits per heavy atom. The summed E-state index contributed by atoms with van der Waals surface area (Å²) in [5.74, 6) is 0.832. The van der Waals surface area contributed by atoms with Crippen molar-refractivity contribution in [2.75, 3.05) is 6.16 Å². The normalized spacial score (nSPS) is 11.6. The quantitative estimate of drug-likeness (QED) is 0.0974. The molecular weight excluding hydrogens is 696 g/mol. The van der Waals surface area contributed by atoms with Crippen molar-refractivity contribution in [3.8, 4) is 0 Å². The van der Waals surface area contributed by atoms with Crippen molar-refractivity contribution in [3.05, 3.63) is 126 Å². The van der Waals surface area contributed by atoms with E-state index in [9.17, 15) is 0 Å². The molecule has 4 rings (SSSR count). The summed E-state index contributed by atoms with van der Waals surface area (Å²) >= 11 is 6.80. The molecule has 5 heteroatoms. The van der Waals surface area contributed by atoms with E-state index in [0.717, 1.165) is 17.6 Å². The predicted molar refractivity (Wildman–Crippen MR) is 169 cm³/mol. The Balaban J connectivity index is 0.00000121. The molecule has 0 spiro atoms. The standard InChI is InChI=1S/C32H34NP.2BrH.Pd/c1-24(2)29-21-14-22-30(25(3)4)32(29)33-31(26-15-8-5-9-16-26)23-34(27-17-10-6-11-18-27)28-19-12-7-13-20-28;;;/h5-22,24-25H,23H2,1-4H3;2*1H;/q;;;+2/p-2. The second-order valence-corrected chi connectivity index (χ2v) is 18.7. The number of aliphatic imine (C=N–C) groups is 1. The van der Waals surface area contributed by atoms with Gasteiger partial charge in [0.25, 0.3) is 0 Å². The molecule has 0 radical (unpaired) electrons. The van der Waals surface area contributed by atoms with E-state index >= 15 is 0 Å². The van der Waals surface area contributed by atoms with E-state index in [1.54, 1.807) is 0 Å². The van der Waals surface area contributed by atoms with Gasteiger partial charge in [-0.05, 0) is 47.1 Å². The third-order valence-corrected chi connectivity index (χ3v) is 8.60. The molecule has 0 aromatic heterocycles. The Morgan fingerprint density at radius 1 is 0.649 bits per heavy atom. The van der Waals surface area contributed by atoms with Gasteiger partial charge in [-0.2, -0.15) is 0 Å². The third kappa shape index (κ3) is 8.81. The van der Waals surface area contributed by atoms with Gasteiger partial charge in [0.2, 0.25) is 0 Å². The summed E-state index contributed by atoms with van der Waals surface area (Å²) in [6.45, 7) is 9.06. The van der Waals surface area contributed by atoms with Crippen LogP contribution in [0.2, 0.25) is 0 Å². The van der Waals surface area contributed by atoms with Crippen LogP contribution in [0.15, 0.2) is 114 Å². The average Bonchev–Trinajstić information content (AvgIpc) is 2.92. The number of hydrogen-bond donors (Lipinski definition) is 0. The Morgan fingerprint density at radius 3 is 1.46 bits per heavy atom. The molecule has 1 nitrogen and oxygen atoms in total. The number of halogens is 2. The Hall–Kier alpha value is -1.40. The van der Waals surface area contributed by atoms with Crippen molar-refractivity contribution in [3.63, 3.8) is 0 Å². The maximum absolute atomic E-state index is 5.49. The molecule has 0 atom stereocenters. The van der Waals surface area contributed by atoms with Gasteiger partial charge in [0.15, 0.2) is 0 Å². The van der Waals surface area contributed by atoms with Crippen LogP contribution in [0.4, 0.5) is 5.69 Å². The van der Waals surface area contributed by atoms with Crippen molar-refractivity contribution in [1.29, 1.82) is 0 Å². The molecule has 0 bridgehead atoms. The van der Waals surface area contributed by atoms with Crippen molar-refractivity contribution >= 4 is 56.8 Å². The van der Waals surface area contributed by atoms with Crippen LogP contribution in [-0.2, 0) is 13.9 Å². The number of para-hydroxylation sites is 1. The Labute approximate surface area is 245 Å². The van der Waals surface area contributed by atoms with Gasteiger partial charge in [-0.3, -0.25) is 4.99 Å². The summed E-state index contributed by atoms with van der Waals surface area (Å²) in [5, 5.41) is 2.77. The van der Waals surface area contributed by atoms with Crippen LogP contribution in [0.3, 0.4) is 0 Å². The van der Waals surface area contributed by atoms with E-state index < -0.39 is 7.92 Å². The van der Waals surface area contributed by atoms with Gasteiger partial charge in [0.1, 0.15) is 0 Å². The van der Waals surface area contributed by atoms with E-state index in [0.29, 0.717) is 25.8 Å². The van der Waals surface area contributed by atoms with Gasteiger partial charge < -0.3 is 0 Å². The van der Waals surface area contributed by atoms with Crippen molar-refractivity contribution in [2.24, 2.45) is 4.99 Å². The van der Waals surface area contributed by atoms with Gasteiger partial charge in [-0.25, -0.2) is 0 Å². The van der Waals surface area contributed by atoms with Crippen LogP contribution < -0.4 is 10.6 Å². The van der Waals surface area contributed by atoms with Crippen LogP contribution in [-0.4, -0.2) is 11.9 Å². The zero-order chi connectivity index (χ0) is 26.6. The molecule has 0 N–H and O–H groups in total. The van der Waals surface area contributed by atoms with Crippen LogP contribution in [0.1, 0.15) is 56.2 Å².